The van der Waals surface area contributed by atoms with Crippen molar-refractivity contribution in [2.24, 2.45) is 0 Å². The van der Waals surface area contributed by atoms with Gasteiger partial charge in [0.15, 0.2) is 0 Å². The molecule has 0 spiro atoms. The Morgan fingerprint density at radius 1 is 1.23 bits per heavy atom. The highest BCUT2D eigenvalue weighted by atomic mass is 32.2. The van der Waals surface area contributed by atoms with Crippen LogP contribution in [0.2, 0.25) is 0 Å². The number of aryl methyl sites for hydroxylation is 2. The quantitative estimate of drug-likeness (QED) is 0.521. The number of likely N-dealkylation sites (N-methyl/N-ethyl adjacent to an activating group) is 1. The van der Waals surface area contributed by atoms with Crippen LogP contribution in [-0.4, -0.2) is 37.8 Å². The average molecular weight is 443 g/mol. The van der Waals surface area contributed by atoms with Crippen molar-refractivity contribution in [2.75, 3.05) is 18.3 Å². The number of aromatic nitrogens is 1. The first-order chi connectivity index (χ1) is 14.7. The fraction of sp³-hybridized carbons (Fsp3) is 0.273. The molecule has 2 aromatic heterocycles. The number of fused-ring (bicyclic) bond motifs is 1. The number of furan rings is 1. The lowest BCUT2D eigenvalue weighted by molar-refractivity contribution is -0.125. The van der Waals surface area contributed by atoms with Crippen LogP contribution in [0.5, 0.6) is 0 Å². The third-order valence-electron chi connectivity index (χ3n) is 4.79. The highest BCUT2D eigenvalue weighted by Gasteiger charge is 2.15. The normalized spacial score (nSPS) is 11.9. The molecule has 164 valence electrons. The molecule has 9 heteroatoms. The first kappa shape index (κ1) is 22.5. The van der Waals surface area contributed by atoms with Gasteiger partial charge in [0.2, 0.25) is 5.91 Å². The van der Waals surface area contributed by atoms with Gasteiger partial charge in [-0.2, -0.15) is 13.1 Å². The standard InChI is InChI=1S/C22H26N4O4S/c1-5-24-31(28,29)25-20-11-9-17(13-23-20)10-12-21(27)26(4)14-19-16(3)18-8-6-7-15(2)22(18)30-19/h6-13,24H,5,14H2,1-4H3,(H,23,25)/b12-10+. The van der Waals surface area contributed by atoms with Crippen molar-refractivity contribution in [3.63, 3.8) is 0 Å². The number of pyridine rings is 1. The molecule has 2 heterocycles. The third-order valence-corrected chi connectivity index (χ3v) is 5.94. The smallest absolute Gasteiger partial charge is 0.300 e. The van der Waals surface area contributed by atoms with Crippen LogP contribution in [0.1, 0.15) is 29.4 Å². The van der Waals surface area contributed by atoms with Gasteiger partial charge in [0.1, 0.15) is 17.2 Å². The van der Waals surface area contributed by atoms with E-state index in [1.165, 1.54) is 18.3 Å². The molecule has 3 aromatic rings. The van der Waals surface area contributed by atoms with Gasteiger partial charge in [-0.1, -0.05) is 25.1 Å². The van der Waals surface area contributed by atoms with Gasteiger partial charge in [-0.15, -0.1) is 0 Å². The number of nitrogens with one attached hydrogen (secondary N) is 2. The molecular weight excluding hydrogens is 416 g/mol. The van der Waals surface area contributed by atoms with E-state index in [1.807, 2.05) is 32.0 Å². The van der Waals surface area contributed by atoms with Gasteiger partial charge in [0, 0.05) is 36.8 Å². The molecule has 0 aliphatic carbocycles. The maximum absolute atomic E-state index is 12.5. The number of carbonyl (C=O) groups excluding carboxylic acids is 1. The Kier molecular flexibility index (Phi) is 6.77. The molecule has 0 atom stereocenters. The largest absolute Gasteiger partial charge is 0.459 e. The van der Waals surface area contributed by atoms with Crippen molar-refractivity contribution in [1.29, 1.82) is 0 Å². The fourth-order valence-corrected chi connectivity index (χ4v) is 3.95. The zero-order chi connectivity index (χ0) is 22.6. The zero-order valence-corrected chi connectivity index (χ0v) is 18.8. The van der Waals surface area contributed by atoms with E-state index in [9.17, 15) is 13.2 Å². The third kappa shape index (κ3) is 5.50. The Hall–Kier alpha value is -3.17. The van der Waals surface area contributed by atoms with E-state index >= 15 is 0 Å². The van der Waals surface area contributed by atoms with Crippen LogP contribution in [0.4, 0.5) is 5.82 Å². The van der Waals surface area contributed by atoms with E-state index in [2.05, 4.69) is 14.4 Å². The van der Waals surface area contributed by atoms with Crippen LogP contribution >= 0.6 is 0 Å². The lowest BCUT2D eigenvalue weighted by Crippen LogP contribution is -2.30. The minimum Gasteiger partial charge on any atom is -0.459 e. The van der Waals surface area contributed by atoms with E-state index in [4.69, 9.17) is 4.42 Å². The Balaban J connectivity index is 1.64. The lowest BCUT2D eigenvalue weighted by Gasteiger charge is -2.13. The molecule has 2 N–H and O–H groups in total. The molecule has 3 rings (SSSR count). The highest BCUT2D eigenvalue weighted by Crippen LogP contribution is 2.28. The Bertz CT molecular complexity index is 1210. The van der Waals surface area contributed by atoms with Gasteiger partial charge in [0.05, 0.1) is 6.54 Å². The molecule has 0 saturated carbocycles. The van der Waals surface area contributed by atoms with Crippen LogP contribution < -0.4 is 9.44 Å². The summed E-state index contributed by atoms with van der Waals surface area (Å²) in [7, 11) is -1.92. The first-order valence-electron chi connectivity index (χ1n) is 9.84. The minimum atomic E-state index is -3.63. The van der Waals surface area contributed by atoms with Crippen molar-refractivity contribution in [1.82, 2.24) is 14.6 Å². The lowest BCUT2D eigenvalue weighted by atomic mass is 10.1. The van der Waals surface area contributed by atoms with E-state index in [0.29, 0.717) is 12.1 Å². The molecule has 0 radical (unpaired) electrons. The Labute approximate surface area is 182 Å². The van der Waals surface area contributed by atoms with Crippen LogP contribution in [0.25, 0.3) is 17.0 Å². The molecule has 0 aliphatic heterocycles. The van der Waals surface area contributed by atoms with Gasteiger partial charge in [0.25, 0.3) is 10.2 Å². The molecule has 0 fully saturated rings. The molecule has 0 bridgehead atoms. The van der Waals surface area contributed by atoms with E-state index in [-0.39, 0.29) is 18.3 Å². The van der Waals surface area contributed by atoms with E-state index in [0.717, 1.165) is 27.9 Å². The topological polar surface area (TPSA) is 105 Å². The van der Waals surface area contributed by atoms with Crippen LogP contribution in [0, 0.1) is 13.8 Å². The van der Waals surface area contributed by atoms with Gasteiger partial charge in [-0.25, -0.2) is 4.98 Å². The second-order valence-electron chi connectivity index (χ2n) is 7.21. The summed E-state index contributed by atoms with van der Waals surface area (Å²) in [5.41, 5.74) is 3.61. The monoisotopic (exact) mass is 442 g/mol. The van der Waals surface area contributed by atoms with Crippen LogP contribution in [0.15, 0.2) is 47.0 Å². The van der Waals surface area contributed by atoms with Gasteiger partial charge in [-0.05, 0) is 43.2 Å². The summed E-state index contributed by atoms with van der Waals surface area (Å²) < 4.78 is 34.0. The molecule has 8 nitrogen and oxygen atoms in total. The summed E-state index contributed by atoms with van der Waals surface area (Å²) >= 11 is 0. The molecule has 0 aliphatic rings. The summed E-state index contributed by atoms with van der Waals surface area (Å²) in [5, 5.41) is 1.06. The summed E-state index contributed by atoms with van der Waals surface area (Å²) in [6, 6.07) is 9.21. The van der Waals surface area contributed by atoms with Gasteiger partial charge >= 0.3 is 0 Å². The summed E-state index contributed by atoms with van der Waals surface area (Å²) in [6.45, 7) is 6.31. The van der Waals surface area contributed by atoms with Gasteiger partial charge in [-0.3, -0.25) is 9.52 Å². The van der Waals surface area contributed by atoms with Gasteiger partial charge < -0.3 is 9.32 Å². The number of anilines is 1. The minimum absolute atomic E-state index is 0.187. The second-order valence-corrected chi connectivity index (χ2v) is 8.71. The Morgan fingerprint density at radius 2 is 2.00 bits per heavy atom. The Morgan fingerprint density at radius 3 is 2.65 bits per heavy atom. The number of nitrogens with zero attached hydrogens (tertiary/aromatic N) is 2. The SMILES string of the molecule is CCNS(=O)(=O)Nc1ccc(/C=C/C(=O)N(C)Cc2oc3c(C)cccc3c2C)cn1. The summed E-state index contributed by atoms with van der Waals surface area (Å²) in [4.78, 5) is 18.1. The van der Waals surface area contributed by atoms with Crippen molar-refractivity contribution in [2.45, 2.75) is 27.3 Å². The van der Waals surface area contributed by atoms with E-state index < -0.39 is 10.2 Å². The number of benzene rings is 1. The van der Waals surface area contributed by atoms with Crippen molar-refractivity contribution >= 4 is 39.0 Å². The van der Waals surface area contributed by atoms with E-state index in [1.54, 1.807) is 31.0 Å². The summed E-state index contributed by atoms with van der Waals surface area (Å²) in [5.74, 6) is 0.762. The molecular formula is C22H26N4O4S. The van der Waals surface area contributed by atoms with Crippen LogP contribution in [-0.2, 0) is 21.5 Å². The molecule has 31 heavy (non-hydrogen) atoms. The number of rotatable bonds is 8. The van der Waals surface area contributed by atoms with Crippen LogP contribution in [0.3, 0.4) is 0 Å². The molecule has 0 unspecified atom stereocenters. The molecule has 1 amide bonds. The number of hydrogen-bond donors (Lipinski definition) is 2. The number of hydrogen-bond acceptors (Lipinski definition) is 5. The van der Waals surface area contributed by atoms with Crippen molar-refractivity contribution in [3.8, 4) is 0 Å². The second kappa shape index (κ2) is 9.32. The zero-order valence-electron chi connectivity index (χ0n) is 18.0. The average Bonchev–Trinajstić information content (AvgIpc) is 3.04. The first-order valence-corrected chi connectivity index (χ1v) is 11.3. The number of carbonyl (C=O) groups is 1. The number of amides is 1. The number of para-hydroxylation sites is 1. The fourth-order valence-electron chi connectivity index (χ4n) is 3.10. The summed E-state index contributed by atoms with van der Waals surface area (Å²) in [6.07, 6.45) is 4.56. The van der Waals surface area contributed by atoms with Crippen molar-refractivity contribution < 1.29 is 17.6 Å². The predicted molar refractivity (Wildman–Crippen MR) is 122 cm³/mol. The molecule has 0 saturated heterocycles. The van der Waals surface area contributed by atoms with Crippen molar-refractivity contribution in [3.05, 3.63) is 65.1 Å². The molecule has 1 aromatic carbocycles. The highest BCUT2D eigenvalue weighted by molar-refractivity contribution is 7.90. The predicted octanol–water partition coefficient (Wildman–Crippen LogP) is 3.38. The maximum atomic E-state index is 12.5. The maximum Gasteiger partial charge on any atom is 0.300 e.